The van der Waals surface area contributed by atoms with Crippen LogP contribution in [0.25, 0.3) is 5.82 Å². The molecule has 4 heteroatoms. The van der Waals surface area contributed by atoms with Gasteiger partial charge in [-0.1, -0.05) is 19.0 Å². The lowest BCUT2D eigenvalue weighted by Crippen LogP contribution is -2.26. The van der Waals surface area contributed by atoms with Gasteiger partial charge in [-0.3, -0.25) is 0 Å². The summed E-state index contributed by atoms with van der Waals surface area (Å²) in [7, 11) is 0. The van der Waals surface area contributed by atoms with Crippen molar-refractivity contribution in [3.63, 3.8) is 0 Å². The van der Waals surface area contributed by atoms with Gasteiger partial charge >= 0.3 is 0 Å². The molecular formula is C14H18N2O2. The number of aromatic nitrogens is 2. The van der Waals surface area contributed by atoms with Crippen molar-refractivity contribution in [2.75, 3.05) is 0 Å². The van der Waals surface area contributed by atoms with Crippen LogP contribution in [0.2, 0.25) is 0 Å². The molecule has 0 fully saturated rings. The van der Waals surface area contributed by atoms with Crippen LogP contribution in [0, 0.1) is 12.3 Å². The number of fused-ring (bicyclic) bond motifs is 1. The molecule has 2 aromatic rings. The Hall–Kier alpha value is -1.55. The maximum Gasteiger partial charge on any atom is 0.180 e. The molecule has 0 saturated heterocycles. The normalized spacial score (nSPS) is 21.9. The fourth-order valence-electron chi connectivity index (χ4n) is 2.81. The molecule has 0 radical (unpaired) electrons. The van der Waals surface area contributed by atoms with Crippen molar-refractivity contribution >= 4 is 0 Å². The molecule has 0 aliphatic heterocycles. The van der Waals surface area contributed by atoms with E-state index in [4.69, 9.17) is 4.52 Å². The van der Waals surface area contributed by atoms with Crippen LogP contribution in [0.15, 0.2) is 22.9 Å². The van der Waals surface area contributed by atoms with Crippen LogP contribution in [0.4, 0.5) is 0 Å². The summed E-state index contributed by atoms with van der Waals surface area (Å²) >= 11 is 0. The van der Waals surface area contributed by atoms with Crippen LogP contribution in [0.3, 0.4) is 0 Å². The lowest BCUT2D eigenvalue weighted by Gasteiger charge is -2.33. The van der Waals surface area contributed by atoms with E-state index in [1.54, 1.807) is 0 Å². The summed E-state index contributed by atoms with van der Waals surface area (Å²) in [5, 5.41) is 14.3. The molecule has 2 aromatic heterocycles. The Morgan fingerprint density at radius 2 is 2.28 bits per heavy atom. The van der Waals surface area contributed by atoms with Crippen molar-refractivity contribution in [2.24, 2.45) is 5.41 Å². The van der Waals surface area contributed by atoms with Crippen LogP contribution in [0.5, 0.6) is 0 Å². The highest BCUT2D eigenvalue weighted by Gasteiger charge is 2.33. The fraction of sp³-hybridized carbons (Fsp3) is 0.500. The SMILES string of the molecule is Cc1cc(-n2ccc3c2CC(C)(C)CC3O)no1. The molecule has 1 N–H and O–H groups in total. The minimum absolute atomic E-state index is 0.112. The smallest absolute Gasteiger partial charge is 0.180 e. The van der Waals surface area contributed by atoms with E-state index >= 15 is 0 Å². The first kappa shape index (κ1) is 11.5. The molecule has 0 spiro atoms. The van der Waals surface area contributed by atoms with Crippen LogP contribution < -0.4 is 0 Å². The second-order valence-corrected chi connectivity index (χ2v) is 5.94. The molecule has 4 nitrogen and oxygen atoms in total. The number of aryl methyl sites for hydroxylation is 1. The quantitative estimate of drug-likeness (QED) is 0.841. The summed E-state index contributed by atoms with van der Waals surface area (Å²) in [4.78, 5) is 0. The van der Waals surface area contributed by atoms with Gasteiger partial charge in [0.05, 0.1) is 6.10 Å². The maximum atomic E-state index is 10.2. The summed E-state index contributed by atoms with van der Waals surface area (Å²) < 4.78 is 7.15. The van der Waals surface area contributed by atoms with Crippen LogP contribution in [-0.2, 0) is 6.42 Å². The van der Waals surface area contributed by atoms with E-state index in [1.807, 2.05) is 29.8 Å². The topological polar surface area (TPSA) is 51.2 Å². The summed E-state index contributed by atoms with van der Waals surface area (Å²) in [6, 6.07) is 3.90. The fourth-order valence-corrected chi connectivity index (χ4v) is 2.81. The van der Waals surface area contributed by atoms with E-state index in [-0.39, 0.29) is 11.5 Å². The molecule has 1 aliphatic carbocycles. The number of rotatable bonds is 1. The van der Waals surface area contributed by atoms with Crippen LogP contribution in [0.1, 0.15) is 43.4 Å². The van der Waals surface area contributed by atoms with Crippen LogP contribution in [-0.4, -0.2) is 14.8 Å². The molecule has 96 valence electrons. The molecule has 1 aliphatic rings. The lowest BCUT2D eigenvalue weighted by molar-refractivity contribution is 0.0986. The Kier molecular flexibility index (Phi) is 2.38. The first-order valence-corrected chi connectivity index (χ1v) is 6.28. The van der Waals surface area contributed by atoms with Crippen molar-refractivity contribution in [3.05, 3.63) is 35.3 Å². The van der Waals surface area contributed by atoms with Gasteiger partial charge in [0.1, 0.15) is 5.76 Å². The average molecular weight is 246 g/mol. The molecule has 1 atom stereocenters. The van der Waals surface area contributed by atoms with E-state index in [0.29, 0.717) is 0 Å². The van der Waals surface area contributed by atoms with Gasteiger partial charge in [-0.25, -0.2) is 0 Å². The third-order valence-electron chi connectivity index (χ3n) is 3.64. The zero-order chi connectivity index (χ0) is 12.9. The second kappa shape index (κ2) is 3.72. The van der Waals surface area contributed by atoms with Crippen molar-refractivity contribution in [1.29, 1.82) is 0 Å². The van der Waals surface area contributed by atoms with Crippen LogP contribution >= 0.6 is 0 Å². The zero-order valence-electron chi connectivity index (χ0n) is 11.0. The van der Waals surface area contributed by atoms with E-state index in [9.17, 15) is 5.11 Å². The standard InChI is InChI=1S/C14H18N2O2/c1-9-6-13(15-18-9)16-5-4-10-11(16)7-14(2,3)8-12(10)17/h4-6,12,17H,7-8H2,1-3H3. The van der Waals surface area contributed by atoms with Gasteiger partial charge in [-0.2, -0.15) is 0 Å². The summed E-state index contributed by atoms with van der Waals surface area (Å²) in [6.07, 6.45) is 3.34. The predicted molar refractivity (Wildman–Crippen MR) is 67.6 cm³/mol. The number of hydrogen-bond acceptors (Lipinski definition) is 3. The number of aliphatic hydroxyl groups is 1. The highest BCUT2D eigenvalue weighted by atomic mass is 16.5. The van der Waals surface area contributed by atoms with E-state index in [2.05, 4.69) is 19.0 Å². The highest BCUT2D eigenvalue weighted by Crippen LogP contribution is 2.41. The average Bonchev–Trinajstić information content (AvgIpc) is 2.82. The van der Waals surface area contributed by atoms with E-state index in [1.165, 1.54) is 0 Å². The Morgan fingerprint density at radius 3 is 2.94 bits per heavy atom. The van der Waals surface area contributed by atoms with Gasteiger partial charge < -0.3 is 14.2 Å². The third-order valence-corrected chi connectivity index (χ3v) is 3.64. The molecule has 0 bridgehead atoms. The second-order valence-electron chi connectivity index (χ2n) is 5.94. The number of hydrogen-bond donors (Lipinski definition) is 1. The Morgan fingerprint density at radius 1 is 1.50 bits per heavy atom. The first-order valence-electron chi connectivity index (χ1n) is 6.28. The van der Waals surface area contributed by atoms with Crippen molar-refractivity contribution in [2.45, 2.75) is 39.7 Å². The van der Waals surface area contributed by atoms with Gasteiger partial charge in [0.25, 0.3) is 0 Å². The predicted octanol–water partition coefficient (Wildman–Crippen LogP) is 2.78. The van der Waals surface area contributed by atoms with Gasteiger partial charge in [0.15, 0.2) is 5.82 Å². The molecule has 2 heterocycles. The minimum Gasteiger partial charge on any atom is -0.388 e. The number of nitrogens with zero attached hydrogens (tertiary/aromatic N) is 2. The van der Waals surface area contributed by atoms with E-state index < -0.39 is 0 Å². The van der Waals surface area contributed by atoms with Gasteiger partial charge in [-0.15, -0.1) is 0 Å². The summed E-state index contributed by atoms with van der Waals surface area (Å²) in [5.74, 6) is 1.58. The molecule has 1 unspecified atom stereocenters. The Bertz CT molecular complexity index is 580. The summed E-state index contributed by atoms with van der Waals surface area (Å²) in [5.41, 5.74) is 2.28. The van der Waals surface area contributed by atoms with Crippen molar-refractivity contribution in [1.82, 2.24) is 9.72 Å². The van der Waals surface area contributed by atoms with Crippen molar-refractivity contribution < 1.29 is 9.63 Å². The van der Waals surface area contributed by atoms with Gasteiger partial charge in [-0.05, 0) is 31.2 Å². The Balaban J connectivity index is 2.10. The first-order chi connectivity index (χ1) is 8.46. The summed E-state index contributed by atoms with van der Waals surface area (Å²) in [6.45, 7) is 6.25. The highest BCUT2D eigenvalue weighted by molar-refractivity contribution is 5.36. The molecule has 3 rings (SSSR count). The number of aliphatic hydroxyl groups excluding tert-OH is 1. The lowest BCUT2D eigenvalue weighted by atomic mass is 9.75. The molecular weight excluding hydrogens is 228 g/mol. The monoisotopic (exact) mass is 246 g/mol. The van der Waals surface area contributed by atoms with E-state index in [0.717, 1.165) is 35.7 Å². The minimum atomic E-state index is -0.377. The molecule has 0 saturated carbocycles. The molecule has 0 aromatic carbocycles. The largest absolute Gasteiger partial charge is 0.388 e. The molecule has 0 amide bonds. The van der Waals surface area contributed by atoms with Gasteiger partial charge in [0, 0.05) is 23.5 Å². The van der Waals surface area contributed by atoms with Crippen molar-refractivity contribution in [3.8, 4) is 5.82 Å². The molecule has 18 heavy (non-hydrogen) atoms. The Labute approximate surface area is 106 Å². The third kappa shape index (κ3) is 1.77. The zero-order valence-corrected chi connectivity index (χ0v) is 11.0. The maximum absolute atomic E-state index is 10.2. The van der Waals surface area contributed by atoms with Gasteiger partial charge in [0.2, 0.25) is 0 Å².